The van der Waals surface area contributed by atoms with Gasteiger partial charge in [-0.05, 0) is 58.3 Å². The molecule has 0 aliphatic heterocycles. The van der Waals surface area contributed by atoms with Crippen LogP contribution in [0.5, 0.6) is 0 Å². The Morgan fingerprint density at radius 3 is 1.92 bits per heavy atom. The molecule has 5 nitrogen and oxygen atoms in total. The Labute approximate surface area is 155 Å². The van der Waals surface area contributed by atoms with Gasteiger partial charge in [0.1, 0.15) is 6.61 Å². The molecule has 0 aromatic heterocycles. The van der Waals surface area contributed by atoms with E-state index in [2.05, 4.69) is 34.6 Å². The first-order valence-corrected chi connectivity index (χ1v) is 9.85. The highest BCUT2D eigenvalue weighted by Crippen LogP contribution is 2.27. The summed E-state index contributed by atoms with van der Waals surface area (Å²) in [6.45, 7) is 16.6. The van der Waals surface area contributed by atoms with Crippen LogP contribution >= 0.6 is 0 Å². The summed E-state index contributed by atoms with van der Waals surface area (Å²) in [6, 6.07) is 0. The minimum absolute atomic E-state index is 0.131. The Morgan fingerprint density at radius 2 is 1.40 bits per heavy atom. The van der Waals surface area contributed by atoms with Crippen molar-refractivity contribution in [2.45, 2.75) is 111 Å². The van der Waals surface area contributed by atoms with Crippen molar-refractivity contribution >= 4 is 0 Å². The van der Waals surface area contributed by atoms with Crippen LogP contribution in [-0.2, 0) is 19.6 Å². The first-order chi connectivity index (χ1) is 11.5. The molecule has 0 amide bonds. The Bertz CT molecular complexity index is 330. The van der Waals surface area contributed by atoms with Gasteiger partial charge in [0.25, 0.3) is 0 Å². The highest BCUT2D eigenvalue weighted by Gasteiger charge is 2.33. The topological polar surface area (TPSA) is 57.2 Å². The highest BCUT2D eigenvalue weighted by molar-refractivity contribution is 4.67. The Kier molecular flexibility index (Phi) is 12.1. The van der Waals surface area contributed by atoms with Gasteiger partial charge in [-0.25, -0.2) is 9.78 Å². The predicted octanol–water partition coefficient (Wildman–Crippen LogP) is 5.41. The average molecular weight is 363 g/mol. The molecule has 5 heteroatoms. The lowest BCUT2D eigenvalue weighted by atomic mass is 10.0. The molecule has 0 spiro atoms. The standard InChI is InChI=1S/C20H42O5/c1-9-13-19(6,7)23-25-20(8,14-12-17(4)5)24-22-15-18(21)11-10-16(2)3/h16-18,21H,9-15H2,1-8H3. The maximum Gasteiger partial charge on any atom is 0.231 e. The van der Waals surface area contributed by atoms with E-state index in [0.717, 1.165) is 25.7 Å². The molecule has 2 unspecified atom stereocenters. The average Bonchev–Trinajstić information content (AvgIpc) is 2.49. The van der Waals surface area contributed by atoms with Crippen LogP contribution in [0, 0.1) is 11.8 Å². The lowest BCUT2D eigenvalue weighted by Crippen LogP contribution is -2.38. The zero-order valence-electron chi connectivity index (χ0n) is 17.8. The predicted molar refractivity (Wildman–Crippen MR) is 101 cm³/mol. The number of aliphatic hydroxyl groups is 1. The third kappa shape index (κ3) is 13.6. The molecule has 0 aliphatic carbocycles. The molecule has 0 saturated heterocycles. The number of rotatable bonds is 15. The van der Waals surface area contributed by atoms with Crippen molar-refractivity contribution in [2.24, 2.45) is 11.8 Å². The lowest BCUT2D eigenvalue weighted by Gasteiger charge is -2.32. The minimum atomic E-state index is -0.993. The molecule has 1 N–H and O–H groups in total. The van der Waals surface area contributed by atoms with Gasteiger partial charge in [-0.3, -0.25) is 0 Å². The van der Waals surface area contributed by atoms with E-state index in [1.165, 1.54) is 0 Å². The molecule has 2 atom stereocenters. The third-order valence-electron chi connectivity index (χ3n) is 4.04. The second kappa shape index (κ2) is 12.2. The molecule has 0 saturated carbocycles. The molecule has 152 valence electrons. The monoisotopic (exact) mass is 362 g/mol. The van der Waals surface area contributed by atoms with E-state index in [4.69, 9.17) is 19.6 Å². The zero-order valence-corrected chi connectivity index (χ0v) is 17.8. The second-order valence-corrected chi connectivity index (χ2v) is 8.74. The van der Waals surface area contributed by atoms with Crippen LogP contribution in [0.1, 0.15) is 93.9 Å². The smallest absolute Gasteiger partial charge is 0.231 e. The number of hydrogen-bond donors (Lipinski definition) is 1. The molecular weight excluding hydrogens is 320 g/mol. The van der Waals surface area contributed by atoms with Crippen molar-refractivity contribution in [3.8, 4) is 0 Å². The maximum atomic E-state index is 9.97. The molecule has 0 radical (unpaired) electrons. The summed E-state index contributed by atoms with van der Waals surface area (Å²) in [5, 5.41) is 9.97. The van der Waals surface area contributed by atoms with Gasteiger partial charge < -0.3 is 5.11 Å². The van der Waals surface area contributed by atoms with Gasteiger partial charge in [-0.15, -0.1) is 0 Å². The van der Waals surface area contributed by atoms with Crippen LogP contribution in [0.2, 0.25) is 0 Å². The fraction of sp³-hybridized carbons (Fsp3) is 1.00. The molecule has 0 aromatic carbocycles. The van der Waals surface area contributed by atoms with Crippen LogP contribution < -0.4 is 0 Å². The fourth-order valence-electron chi connectivity index (χ4n) is 2.34. The van der Waals surface area contributed by atoms with Crippen molar-refractivity contribution in [1.82, 2.24) is 0 Å². The largest absolute Gasteiger partial charge is 0.391 e. The maximum absolute atomic E-state index is 9.97. The molecule has 25 heavy (non-hydrogen) atoms. The minimum Gasteiger partial charge on any atom is -0.391 e. The van der Waals surface area contributed by atoms with Crippen LogP contribution in [0.3, 0.4) is 0 Å². The lowest BCUT2D eigenvalue weighted by molar-refractivity contribution is -0.527. The van der Waals surface area contributed by atoms with E-state index >= 15 is 0 Å². The van der Waals surface area contributed by atoms with Crippen molar-refractivity contribution in [2.75, 3.05) is 6.61 Å². The van der Waals surface area contributed by atoms with Crippen LogP contribution in [0.25, 0.3) is 0 Å². The van der Waals surface area contributed by atoms with Crippen LogP contribution in [0.4, 0.5) is 0 Å². The molecule has 0 fully saturated rings. The van der Waals surface area contributed by atoms with Gasteiger partial charge >= 0.3 is 0 Å². The van der Waals surface area contributed by atoms with E-state index in [1.54, 1.807) is 0 Å². The molecular formula is C20H42O5. The summed E-state index contributed by atoms with van der Waals surface area (Å²) < 4.78 is 0. The molecule has 0 aliphatic rings. The first-order valence-electron chi connectivity index (χ1n) is 9.85. The van der Waals surface area contributed by atoms with E-state index in [1.807, 2.05) is 20.8 Å². The van der Waals surface area contributed by atoms with Crippen molar-refractivity contribution in [1.29, 1.82) is 0 Å². The second-order valence-electron chi connectivity index (χ2n) is 8.74. The summed E-state index contributed by atoms with van der Waals surface area (Å²) in [6.07, 6.45) is 4.60. The number of hydrogen-bond acceptors (Lipinski definition) is 5. The molecule has 0 rings (SSSR count). The van der Waals surface area contributed by atoms with E-state index in [0.29, 0.717) is 24.7 Å². The molecule has 0 aromatic rings. The van der Waals surface area contributed by atoms with Gasteiger partial charge in [-0.2, -0.15) is 9.78 Å². The van der Waals surface area contributed by atoms with E-state index in [9.17, 15) is 5.11 Å². The summed E-state index contributed by atoms with van der Waals surface area (Å²) >= 11 is 0. The summed E-state index contributed by atoms with van der Waals surface area (Å²) in [4.78, 5) is 22.1. The number of aliphatic hydroxyl groups excluding tert-OH is 1. The molecule has 0 heterocycles. The quantitative estimate of drug-likeness (QED) is 0.240. The molecule has 0 bridgehead atoms. The fourth-order valence-corrected chi connectivity index (χ4v) is 2.34. The van der Waals surface area contributed by atoms with Crippen molar-refractivity contribution in [3.63, 3.8) is 0 Å². The van der Waals surface area contributed by atoms with Crippen molar-refractivity contribution in [3.05, 3.63) is 0 Å². The van der Waals surface area contributed by atoms with Gasteiger partial charge in [0.15, 0.2) is 0 Å². The third-order valence-corrected chi connectivity index (χ3v) is 4.04. The van der Waals surface area contributed by atoms with Gasteiger partial charge in [0.05, 0.1) is 11.7 Å². The van der Waals surface area contributed by atoms with Gasteiger partial charge in [0, 0.05) is 6.42 Å². The van der Waals surface area contributed by atoms with Crippen LogP contribution in [0.15, 0.2) is 0 Å². The van der Waals surface area contributed by atoms with E-state index in [-0.39, 0.29) is 12.2 Å². The zero-order chi connectivity index (χ0) is 19.5. The first kappa shape index (κ1) is 24.8. The van der Waals surface area contributed by atoms with Crippen molar-refractivity contribution < 1.29 is 24.7 Å². The summed E-state index contributed by atoms with van der Waals surface area (Å²) in [5.41, 5.74) is -0.381. The van der Waals surface area contributed by atoms with E-state index < -0.39 is 11.9 Å². The highest BCUT2D eigenvalue weighted by atomic mass is 17.3. The Morgan fingerprint density at radius 1 is 0.800 bits per heavy atom. The van der Waals surface area contributed by atoms with Gasteiger partial charge in [0.2, 0.25) is 5.79 Å². The normalized spacial score (nSPS) is 16.4. The van der Waals surface area contributed by atoms with Gasteiger partial charge in [-0.1, -0.05) is 41.0 Å². The Hall–Kier alpha value is -0.200. The van der Waals surface area contributed by atoms with Crippen LogP contribution in [-0.4, -0.2) is 29.2 Å². The Balaban J connectivity index is 4.48. The SMILES string of the molecule is CCCC(C)(C)OOC(C)(CCC(C)C)OOCC(O)CCC(C)C. The summed E-state index contributed by atoms with van der Waals surface area (Å²) in [5.74, 6) is 0.0868. The summed E-state index contributed by atoms with van der Waals surface area (Å²) in [7, 11) is 0.